The van der Waals surface area contributed by atoms with Crippen LogP contribution in [0, 0.1) is 12.8 Å². The van der Waals surface area contributed by atoms with Gasteiger partial charge in [0.1, 0.15) is 0 Å². The topological polar surface area (TPSA) is 34.9 Å². The van der Waals surface area contributed by atoms with Gasteiger partial charge in [0.2, 0.25) is 0 Å². The molecule has 1 aromatic heterocycles. The maximum absolute atomic E-state index is 11.9. The molecule has 1 aliphatic carbocycles. The van der Waals surface area contributed by atoms with Crippen LogP contribution in [0.4, 0.5) is 0 Å². The molecule has 1 fully saturated rings. The SMILES string of the molecule is Cc1cnn(CC(=O)C2CCCCC2)c1. The normalized spacial score (nSPS) is 17.9. The van der Waals surface area contributed by atoms with Crippen LogP contribution in [-0.2, 0) is 11.3 Å². The molecule has 0 saturated heterocycles. The molecule has 82 valence electrons. The number of nitrogens with zero attached hydrogens (tertiary/aromatic N) is 2. The Morgan fingerprint density at radius 1 is 1.47 bits per heavy atom. The van der Waals surface area contributed by atoms with E-state index in [0.717, 1.165) is 18.4 Å². The first kappa shape index (κ1) is 10.4. The lowest BCUT2D eigenvalue weighted by molar-refractivity contribution is -0.124. The smallest absolute Gasteiger partial charge is 0.157 e. The van der Waals surface area contributed by atoms with E-state index in [4.69, 9.17) is 0 Å². The molecule has 0 spiro atoms. The number of carbonyl (C=O) groups is 1. The van der Waals surface area contributed by atoms with Crippen molar-refractivity contribution < 1.29 is 4.79 Å². The fourth-order valence-electron chi connectivity index (χ4n) is 2.27. The van der Waals surface area contributed by atoms with Crippen molar-refractivity contribution in [2.24, 2.45) is 5.92 Å². The molecule has 0 N–H and O–H groups in total. The Labute approximate surface area is 90.5 Å². The molecule has 1 aromatic rings. The van der Waals surface area contributed by atoms with Gasteiger partial charge < -0.3 is 0 Å². The van der Waals surface area contributed by atoms with E-state index in [0.29, 0.717) is 18.2 Å². The van der Waals surface area contributed by atoms with Crippen LogP contribution in [0.3, 0.4) is 0 Å². The minimum Gasteiger partial charge on any atom is -0.297 e. The molecule has 0 amide bonds. The summed E-state index contributed by atoms with van der Waals surface area (Å²) in [6.45, 7) is 2.45. The van der Waals surface area contributed by atoms with Crippen molar-refractivity contribution in [2.75, 3.05) is 0 Å². The molecule has 15 heavy (non-hydrogen) atoms. The van der Waals surface area contributed by atoms with E-state index >= 15 is 0 Å². The minimum atomic E-state index is 0.295. The molecule has 0 unspecified atom stereocenters. The van der Waals surface area contributed by atoms with Crippen molar-refractivity contribution in [3.05, 3.63) is 18.0 Å². The van der Waals surface area contributed by atoms with Gasteiger partial charge >= 0.3 is 0 Å². The van der Waals surface area contributed by atoms with Gasteiger partial charge in [0, 0.05) is 12.1 Å². The molecule has 3 heteroatoms. The summed E-state index contributed by atoms with van der Waals surface area (Å²) in [5, 5.41) is 4.15. The predicted octanol–water partition coefficient (Wildman–Crippen LogP) is 2.34. The Bertz CT molecular complexity index is 337. The first-order valence-corrected chi connectivity index (χ1v) is 5.77. The Morgan fingerprint density at radius 3 is 2.80 bits per heavy atom. The maximum atomic E-state index is 11.9. The molecule has 0 aromatic carbocycles. The van der Waals surface area contributed by atoms with Crippen molar-refractivity contribution in [1.29, 1.82) is 0 Å². The standard InChI is InChI=1S/C12H18N2O/c1-10-7-13-14(8-10)9-12(15)11-5-3-2-4-6-11/h7-8,11H,2-6,9H2,1H3. The van der Waals surface area contributed by atoms with Crippen molar-refractivity contribution in [2.45, 2.75) is 45.6 Å². The zero-order valence-electron chi connectivity index (χ0n) is 9.28. The molecule has 1 aliphatic rings. The largest absolute Gasteiger partial charge is 0.297 e. The van der Waals surface area contributed by atoms with Crippen LogP contribution >= 0.6 is 0 Å². The number of aryl methyl sites for hydroxylation is 1. The van der Waals surface area contributed by atoms with Gasteiger partial charge in [0.05, 0.1) is 12.7 Å². The van der Waals surface area contributed by atoms with Crippen LogP contribution in [-0.4, -0.2) is 15.6 Å². The van der Waals surface area contributed by atoms with Gasteiger partial charge in [-0.25, -0.2) is 0 Å². The average Bonchev–Trinajstić information content (AvgIpc) is 2.65. The zero-order valence-corrected chi connectivity index (χ0v) is 9.28. The summed E-state index contributed by atoms with van der Waals surface area (Å²) in [6, 6.07) is 0. The number of aromatic nitrogens is 2. The van der Waals surface area contributed by atoms with Gasteiger partial charge in [0.15, 0.2) is 5.78 Å². The van der Waals surface area contributed by atoms with Crippen molar-refractivity contribution in [1.82, 2.24) is 9.78 Å². The van der Waals surface area contributed by atoms with Crippen LogP contribution in [0.25, 0.3) is 0 Å². The fourth-order valence-corrected chi connectivity index (χ4v) is 2.27. The van der Waals surface area contributed by atoms with Crippen LogP contribution in [0.15, 0.2) is 12.4 Å². The number of ketones is 1. The fraction of sp³-hybridized carbons (Fsp3) is 0.667. The van der Waals surface area contributed by atoms with Crippen molar-refractivity contribution in [3.8, 4) is 0 Å². The summed E-state index contributed by atoms with van der Waals surface area (Å²) >= 11 is 0. The number of rotatable bonds is 3. The van der Waals surface area contributed by atoms with Crippen LogP contribution < -0.4 is 0 Å². The monoisotopic (exact) mass is 206 g/mol. The summed E-state index contributed by atoms with van der Waals surface area (Å²) in [5.74, 6) is 0.654. The highest BCUT2D eigenvalue weighted by Crippen LogP contribution is 2.24. The molecule has 0 radical (unpaired) electrons. The number of Topliss-reactive ketones (excluding diaryl/α,β-unsaturated/α-hetero) is 1. The molecule has 2 rings (SSSR count). The van der Waals surface area contributed by atoms with Crippen molar-refractivity contribution in [3.63, 3.8) is 0 Å². The zero-order chi connectivity index (χ0) is 10.7. The van der Waals surface area contributed by atoms with E-state index < -0.39 is 0 Å². The quantitative estimate of drug-likeness (QED) is 0.760. The van der Waals surface area contributed by atoms with Crippen LogP contribution in [0.2, 0.25) is 0 Å². The molecule has 0 aliphatic heterocycles. The lowest BCUT2D eigenvalue weighted by Gasteiger charge is -2.19. The molecule has 1 heterocycles. The van der Waals surface area contributed by atoms with Crippen LogP contribution in [0.5, 0.6) is 0 Å². The summed E-state index contributed by atoms with van der Waals surface area (Å²) in [5.41, 5.74) is 1.12. The van der Waals surface area contributed by atoms with Gasteiger partial charge in [-0.1, -0.05) is 19.3 Å². The third kappa shape index (κ3) is 2.67. The highest BCUT2D eigenvalue weighted by molar-refractivity contribution is 5.80. The molecule has 1 saturated carbocycles. The van der Waals surface area contributed by atoms with Gasteiger partial charge in [-0.15, -0.1) is 0 Å². The maximum Gasteiger partial charge on any atom is 0.157 e. The second-order valence-corrected chi connectivity index (χ2v) is 4.52. The minimum absolute atomic E-state index is 0.295. The Balaban J connectivity index is 1.91. The Kier molecular flexibility index (Phi) is 3.19. The first-order valence-electron chi connectivity index (χ1n) is 5.77. The molecule has 0 atom stereocenters. The van der Waals surface area contributed by atoms with Gasteiger partial charge in [0.25, 0.3) is 0 Å². The molecular weight excluding hydrogens is 188 g/mol. The molecule has 0 bridgehead atoms. The predicted molar refractivity (Wildman–Crippen MR) is 58.5 cm³/mol. The number of carbonyl (C=O) groups excluding carboxylic acids is 1. The number of hydrogen-bond donors (Lipinski definition) is 0. The second kappa shape index (κ2) is 4.60. The van der Waals surface area contributed by atoms with Gasteiger partial charge in [-0.05, 0) is 25.3 Å². The number of hydrogen-bond acceptors (Lipinski definition) is 2. The highest BCUT2D eigenvalue weighted by Gasteiger charge is 2.21. The Morgan fingerprint density at radius 2 is 2.20 bits per heavy atom. The lowest BCUT2D eigenvalue weighted by atomic mass is 9.86. The summed E-state index contributed by atoms with van der Waals surface area (Å²) in [4.78, 5) is 11.9. The highest BCUT2D eigenvalue weighted by atomic mass is 16.1. The van der Waals surface area contributed by atoms with E-state index in [1.165, 1.54) is 19.3 Å². The van der Waals surface area contributed by atoms with E-state index in [2.05, 4.69) is 5.10 Å². The first-order chi connectivity index (χ1) is 7.25. The average molecular weight is 206 g/mol. The summed E-state index contributed by atoms with van der Waals surface area (Å²) < 4.78 is 1.76. The Hall–Kier alpha value is -1.12. The third-order valence-corrected chi connectivity index (χ3v) is 3.14. The molecular formula is C12H18N2O. The van der Waals surface area contributed by atoms with Crippen LogP contribution in [0.1, 0.15) is 37.7 Å². The lowest BCUT2D eigenvalue weighted by Crippen LogP contribution is -2.22. The summed E-state index contributed by atoms with van der Waals surface area (Å²) in [7, 11) is 0. The van der Waals surface area contributed by atoms with Crippen molar-refractivity contribution >= 4 is 5.78 Å². The van der Waals surface area contributed by atoms with Gasteiger partial charge in [-0.2, -0.15) is 5.10 Å². The van der Waals surface area contributed by atoms with E-state index in [1.807, 2.05) is 13.1 Å². The third-order valence-electron chi connectivity index (χ3n) is 3.14. The van der Waals surface area contributed by atoms with Gasteiger partial charge in [-0.3, -0.25) is 9.48 Å². The van der Waals surface area contributed by atoms with E-state index in [-0.39, 0.29) is 0 Å². The van der Waals surface area contributed by atoms with E-state index in [9.17, 15) is 4.79 Å². The second-order valence-electron chi connectivity index (χ2n) is 4.52. The molecule has 3 nitrogen and oxygen atoms in total. The van der Waals surface area contributed by atoms with E-state index in [1.54, 1.807) is 10.9 Å². The summed E-state index contributed by atoms with van der Waals surface area (Å²) in [6.07, 6.45) is 9.63.